The van der Waals surface area contributed by atoms with E-state index in [-0.39, 0.29) is 51.5 Å². The van der Waals surface area contributed by atoms with Gasteiger partial charge in [0.25, 0.3) is 5.69 Å². The molecule has 0 spiro atoms. The first-order valence-electron chi connectivity index (χ1n) is 6.48. The van der Waals surface area contributed by atoms with Gasteiger partial charge in [-0.3, -0.25) is 15.5 Å². The van der Waals surface area contributed by atoms with Gasteiger partial charge in [0.1, 0.15) is 11.4 Å². The SMILES string of the molecule is Br.CCOC(=O)/C(=N/Nc1ccccc1[N+](=O)[O-])c1csc(N)n1. The summed E-state index contributed by atoms with van der Waals surface area (Å²) in [6, 6.07) is 5.93. The van der Waals surface area contributed by atoms with Crippen molar-refractivity contribution in [2.24, 2.45) is 5.10 Å². The molecule has 1 heterocycles. The van der Waals surface area contributed by atoms with Crippen LogP contribution < -0.4 is 11.2 Å². The van der Waals surface area contributed by atoms with E-state index in [4.69, 9.17) is 10.5 Å². The predicted octanol–water partition coefficient (Wildman–Crippen LogP) is 2.59. The highest BCUT2D eigenvalue weighted by molar-refractivity contribution is 8.93. The normalized spacial score (nSPS) is 10.6. The number of nitrogens with two attached hydrogens (primary N) is 1. The summed E-state index contributed by atoms with van der Waals surface area (Å²) in [5.74, 6) is -0.705. The minimum absolute atomic E-state index is 0. The van der Waals surface area contributed by atoms with Crippen molar-refractivity contribution in [2.45, 2.75) is 6.92 Å². The van der Waals surface area contributed by atoms with Gasteiger partial charge in [0.15, 0.2) is 10.8 Å². The molecule has 0 amide bonds. The van der Waals surface area contributed by atoms with Crippen LogP contribution in [0.3, 0.4) is 0 Å². The Balaban J connectivity index is 0.00000288. The van der Waals surface area contributed by atoms with Crippen molar-refractivity contribution in [1.29, 1.82) is 0 Å². The molecule has 2 rings (SSSR count). The highest BCUT2D eigenvalue weighted by Crippen LogP contribution is 2.23. The number of hydrazone groups is 1. The number of ether oxygens (including phenoxy) is 1. The van der Waals surface area contributed by atoms with Crippen molar-refractivity contribution in [3.63, 3.8) is 0 Å². The van der Waals surface area contributed by atoms with E-state index in [2.05, 4.69) is 15.5 Å². The highest BCUT2D eigenvalue weighted by atomic mass is 79.9. The fourth-order valence-electron chi connectivity index (χ4n) is 1.65. The number of esters is 1. The fourth-order valence-corrected chi connectivity index (χ4v) is 2.19. The van der Waals surface area contributed by atoms with Gasteiger partial charge in [-0.25, -0.2) is 9.78 Å². The molecule has 0 saturated carbocycles. The second-order valence-corrected chi connectivity index (χ2v) is 5.03. The van der Waals surface area contributed by atoms with Crippen molar-refractivity contribution >= 4 is 56.5 Å². The standard InChI is InChI=1S/C13H13N5O4S.BrH/c1-2-22-12(19)11(9-7-23-13(14)15-9)17-16-8-5-3-4-6-10(8)18(20)21;/h3-7,16H,2H2,1H3,(H2,14,15);1H/b17-11+;. The number of anilines is 2. The topological polar surface area (TPSA) is 133 Å². The number of hydrogen-bond donors (Lipinski definition) is 2. The lowest BCUT2D eigenvalue weighted by Crippen LogP contribution is -2.20. The molecule has 0 unspecified atom stereocenters. The van der Waals surface area contributed by atoms with Gasteiger partial charge in [-0.05, 0) is 13.0 Å². The van der Waals surface area contributed by atoms with Gasteiger partial charge < -0.3 is 10.5 Å². The number of nitrogens with one attached hydrogen (secondary N) is 1. The van der Waals surface area contributed by atoms with E-state index in [0.29, 0.717) is 0 Å². The fraction of sp³-hybridized carbons (Fsp3) is 0.154. The number of thiazole rings is 1. The van der Waals surface area contributed by atoms with Crippen LogP contribution in [0.15, 0.2) is 34.7 Å². The molecule has 0 bridgehead atoms. The summed E-state index contributed by atoms with van der Waals surface area (Å²) in [6.45, 7) is 1.81. The lowest BCUT2D eigenvalue weighted by Gasteiger charge is -2.05. The number of halogens is 1. The van der Waals surface area contributed by atoms with Gasteiger partial charge in [-0.1, -0.05) is 12.1 Å². The van der Waals surface area contributed by atoms with Gasteiger partial charge in [0.05, 0.1) is 11.5 Å². The molecule has 24 heavy (non-hydrogen) atoms. The number of carbonyl (C=O) groups excluding carboxylic acids is 1. The number of rotatable bonds is 6. The monoisotopic (exact) mass is 415 g/mol. The minimum Gasteiger partial charge on any atom is -0.461 e. The van der Waals surface area contributed by atoms with Gasteiger partial charge in [-0.15, -0.1) is 28.3 Å². The van der Waals surface area contributed by atoms with Crippen molar-refractivity contribution in [1.82, 2.24) is 4.98 Å². The number of aromatic nitrogens is 1. The molecule has 0 saturated heterocycles. The van der Waals surface area contributed by atoms with Crippen molar-refractivity contribution < 1.29 is 14.5 Å². The molecule has 0 radical (unpaired) electrons. The summed E-state index contributed by atoms with van der Waals surface area (Å²) in [5, 5.41) is 16.7. The van der Waals surface area contributed by atoms with Crippen LogP contribution in [0.25, 0.3) is 0 Å². The van der Waals surface area contributed by atoms with E-state index in [1.165, 1.54) is 18.2 Å². The largest absolute Gasteiger partial charge is 0.461 e. The molecule has 9 nitrogen and oxygen atoms in total. The average Bonchev–Trinajstić information content (AvgIpc) is 2.94. The van der Waals surface area contributed by atoms with Gasteiger partial charge in [-0.2, -0.15) is 5.10 Å². The maximum absolute atomic E-state index is 12.0. The zero-order valence-corrected chi connectivity index (χ0v) is 15.0. The second kappa shape index (κ2) is 8.93. The minimum atomic E-state index is -0.705. The van der Waals surface area contributed by atoms with Crippen LogP contribution in [0.2, 0.25) is 0 Å². The Morgan fingerprint density at radius 2 is 2.21 bits per heavy atom. The summed E-state index contributed by atoms with van der Waals surface area (Å²) < 4.78 is 4.91. The number of nitrogens with zero attached hydrogens (tertiary/aromatic N) is 3. The Kier molecular flexibility index (Phi) is 7.27. The first-order valence-corrected chi connectivity index (χ1v) is 7.36. The average molecular weight is 416 g/mol. The zero-order valence-electron chi connectivity index (χ0n) is 12.5. The molecular weight excluding hydrogens is 402 g/mol. The van der Waals surface area contributed by atoms with Crippen molar-refractivity contribution in [3.05, 3.63) is 45.5 Å². The van der Waals surface area contributed by atoms with E-state index < -0.39 is 10.9 Å². The van der Waals surface area contributed by atoms with Gasteiger partial charge in [0.2, 0.25) is 0 Å². The van der Waals surface area contributed by atoms with E-state index in [0.717, 1.165) is 11.3 Å². The molecule has 2 aromatic rings. The summed E-state index contributed by atoms with van der Waals surface area (Å²) in [7, 11) is 0. The lowest BCUT2D eigenvalue weighted by molar-refractivity contribution is -0.384. The summed E-state index contributed by atoms with van der Waals surface area (Å²) >= 11 is 1.14. The molecule has 11 heteroatoms. The predicted molar refractivity (Wildman–Crippen MR) is 96.7 cm³/mol. The van der Waals surface area contributed by atoms with Gasteiger partial charge in [0, 0.05) is 11.4 Å². The number of nitrogen functional groups attached to an aromatic ring is 1. The molecular formula is C13H14BrN5O4S. The third-order valence-electron chi connectivity index (χ3n) is 2.62. The number of nitro groups is 1. The Morgan fingerprint density at radius 1 is 1.50 bits per heavy atom. The first kappa shape index (κ1) is 19.5. The van der Waals surface area contributed by atoms with E-state index >= 15 is 0 Å². The van der Waals surface area contributed by atoms with Crippen LogP contribution in [0.4, 0.5) is 16.5 Å². The molecule has 1 aromatic heterocycles. The van der Waals surface area contributed by atoms with Crippen LogP contribution in [0.1, 0.15) is 12.6 Å². The molecule has 3 N–H and O–H groups in total. The molecule has 0 aliphatic carbocycles. The third kappa shape index (κ3) is 4.73. The summed E-state index contributed by atoms with van der Waals surface area (Å²) in [6.07, 6.45) is 0. The number of para-hydroxylation sites is 2. The maximum Gasteiger partial charge on any atom is 0.361 e. The highest BCUT2D eigenvalue weighted by Gasteiger charge is 2.20. The zero-order chi connectivity index (χ0) is 16.8. The summed E-state index contributed by atoms with van der Waals surface area (Å²) in [4.78, 5) is 26.4. The van der Waals surface area contributed by atoms with E-state index in [9.17, 15) is 14.9 Å². The van der Waals surface area contributed by atoms with Gasteiger partial charge >= 0.3 is 5.97 Å². The molecule has 0 aliphatic rings. The third-order valence-corrected chi connectivity index (χ3v) is 3.30. The number of benzene rings is 1. The smallest absolute Gasteiger partial charge is 0.361 e. The quantitative estimate of drug-likeness (QED) is 0.320. The van der Waals surface area contributed by atoms with Crippen LogP contribution >= 0.6 is 28.3 Å². The Morgan fingerprint density at radius 3 is 2.79 bits per heavy atom. The molecule has 1 aromatic carbocycles. The number of hydrogen-bond acceptors (Lipinski definition) is 9. The number of carbonyl (C=O) groups is 1. The van der Waals surface area contributed by atoms with Crippen LogP contribution in [0, 0.1) is 10.1 Å². The van der Waals surface area contributed by atoms with Crippen LogP contribution in [-0.4, -0.2) is 28.2 Å². The van der Waals surface area contributed by atoms with Crippen molar-refractivity contribution in [2.75, 3.05) is 17.8 Å². The van der Waals surface area contributed by atoms with Crippen molar-refractivity contribution in [3.8, 4) is 0 Å². The molecule has 0 atom stereocenters. The Hall–Kier alpha value is -2.53. The Labute approximate surface area is 151 Å². The molecule has 0 fully saturated rings. The summed E-state index contributed by atoms with van der Waals surface area (Å²) in [5.41, 5.74) is 8.16. The number of nitro benzene ring substituents is 1. The van der Waals surface area contributed by atoms with E-state index in [1.54, 1.807) is 18.4 Å². The van der Waals surface area contributed by atoms with Crippen LogP contribution in [-0.2, 0) is 9.53 Å². The first-order chi connectivity index (χ1) is 11.0. The maximum atomic E-state index is 12.0. The van der Waals surface area contributed by atoms with E-state index in [1.807, 2.05) is 0 Å². The molecule has 128 valence electrons. The lowest BCUT2D eigenvalue weighted by atomic mass is 10.3. The van der Waals surface area contributed by atoms with Crippen LogP contribution in [0.5, 0.6) is 0 Å². The molecule has 0 aliphatic heterocycles. The second-order valence-electron chi connectivity index (χ2n) is 4.14. The Bertz CT molecular complexity index is 764.